The van der Waals surface area contributed by atoms with Gasteiger partial charge in [-0.1, -0.05) is 12.1 Å². The quantitative estimate of drug-likeness (QED) is 0.544. The largest absolute Gasteiger partial charge is 0.494 e. The summed E-state index contributed by atoms with van der Waals surface area (Å²) in [5.41, 5.74) is -0.181. The highest BCUT2D eigenvalue weighted by atomic mass is 16.7. The Hall–Kier alpha value is -1.53. The van der Waals surface area contributed by atoms with Crippen LogP contribution in [0.4, 0.5) is 0 Å². The van der Waals surface area contributed by atoms with Crippen LogP contribution < -0.4 is 10.2 Å². The van der Waals surface area contributed by atoms with Crippen molar-refractivity contribution in [1.29, 1.82) is 0 Å². The normalized spacial score (nSPS) is 25.8. The van der Waals surface area contributed by atoms with Gasteiger partial charge in [0.2, 0.25) is 0 Å². The van der Waals surface area contributed by atoms with Crippen LogP contribution in [0.2, 0.25) is 0 Å². The van der Waals surface area contributed by atoms with Crippen LogP contribution in [0.5, 0.6) is 5.75 Å². The van der Waals surface area contributed by atoms with Crippen molar-refractivity contribution in [2.45, 2.75) is 97.1 Å². The molecule has 1 saturated carbocycles. The zero-order valence-electron chi connectivity index (χ0n) is 18.9. The Morgan fingerprint density at radius 1 is 1.07 bits per heavy atom. The van der Waals surface area contributed by atoms with E-state index < -0.39 is 5.60 Å². The smallest absolute Gasteiger partial charge is 0.490 e. The molecule has 29 heavy (non-hydrogen) atoms. The molecular formula is C23H35BO5. The van der Waals surface area contributed by atoms with Gasteiger partial charge in [-0.05, 0) is 85.3 Å². The number of benzene rings is 1. The lowest BCUT2D eigenvalue weighted by atomic mass is 9.79. The van der Waals surface area contributed by atoms with E-state index in [0.717, 1.165) is 30.5 Å². The summed E-state index contributed by atoms with van der Waals surface area (Å²) in [7, 11) is -0.375. The number of rotatable bonds is 5. The molecule has 0 bridgehead atoms. The van der Waals surface area contributed by atoms with Crippen molar-refractivity contribution in [2.24, 2.45) is 5.92 Å². The molecular weight excluding hydrogens is 367 g/mol. The topological polar surface area (TPSA) is 54.0 Å². The molecule has 0 amide bonds. The van der Waals surface area contributed by atoms with Crippen LogP contribution in [0.25, 0.3) is 0 Å². The first-order valence-corrected chi connectivity index (χ1v) is 10.7. The summed E-state index contributed by atoms with van der Waals surface area (Å²) in [6, 6.07) is 7.91. The van der Waals surface area contributed by atoms with Gasteiger partial charge in [0.15, 0.2) is 0 Å². The Balaban J connectivity index is 1.59. The third-order valence-electron chi connectivity index (χ3n) is 6.13. The Labute approximate surface area is 175 Å². The van der Waals surface area contributed by atoms with Gasteiger partial charge < -0.3 is 18.8 Å². The van der Waals surface area contributed by atoms with Crippen LogP contribution in [0.15, 0.2) is 24.3 Å². The molecule has 1 saturated heterocycles. The van der Waals surface area contributed by atoms with Crippen LogP contribution in [0, 0.1) is 5.92 Å². The molecule has 5 nitrogen and oxygen atoms in total. The molecule has 0 radical (unpaired) electrons. The highest BCUT2D eigenvalue weighted by Crippen LogP contribution is 2.37. The van der Waals surface area contributed by atoms with E-state index in [2.05, 4.69) is 27.7 Å². The van der Waals surface area contributed by atoms with E-state index in [1.807, 2.05) is 45.0 Å². The molecule has 2 fully saturated rings. The average Bonchev–Trinajstić information content (AvgIpc) is 3.07. The van der Waals surface area contributed by atoms with E-state index in [9.17, 15) is 4.79 Å². The zero-order chi connectivity index (χ0) is 21.4. The van der Waals surface area contributed by atoms with Crippen LogP contribution in [-0.4, -0.2) is 36.0 Å². The van der Waals surface area contributed by atoms with Gasteiger partial charge in [-0.2, -0.15) is 0 Å². The van der Waals surface area contributed by atoms with Gasteiger partial charge in [-0.25, -0.2) is 0 Å². The van der Waals surface area contributed by atoms with E-state index in [1.165, 1.54) is 0 Å². The minimum absolute atomic E-state index is 0.0465. The molecule has 0 aromatic heterocycles. The van der Waals surface area contributed by atoms with Crippen molar-refractivity contribution in [3.05, 3.63) is 24.3 Å². The Bertz CT molecular complexity index is 704. The molecule has 6 heteroatoms. The van der Waals surface area contributed by atoms with E-state index in [-0.39, 0.29) is 36.3 Å². The van der Waals surface area contributed by atoms with Crippen LogP contribution in [0.3, 0.4) is 0 Å². The maximum atomic E-state index is 12.2. The summed E-state index contributed by atoms with van der Waals surface area (Å²) in [6.45, 7) is 13.9. The lowest BCUT2D eigenvalue weighted by Crippen LogP contribution is -2.41. The second-order valence-corrected chi connectivity index (χ2v) is 10.3. The number of carbonyl (C=O) groups excluding carboxylic acids is 1. The van der Waals surface area contributed by atoms with Gasteiger partial charge >= 0.3 is 13.1 Å². The van der Waals surface area contributed by atoms with Crippen LogP contribution in [0.1, 0.15) is 74.1 Å². The van der Waals surface area contributed by atoms with Gasteiger partial charge in [0.05, 0.1) is 17.6 Å². The number of hydrogen-bond acceptors (Lipinski definition) is 5. The van der Waals surface area contributed by atoms with Gasteiger partial charge in [0, 0.05) is 5.92 Å². The minimum Gasteiger partial charge on any atom is -0.490 e. The van der Waals surface area contributed by atoms with Crippen molar-refractivity contribution in [1.82, 2.24) is 0 Å². The predicted molar refractivity (Wildman–Crippen MR) is 114 cm³/mol. The number of esters is 1. The fourth-order valence-corrected chi connectivity index (χ4v) is 3.85. The van der Waals surface area contributed by atoms with Crippen LogP contribution >= 0.6 is 0 Å². The van der Waals surface area contributed by atoms with Gasteiger partial charge in [0.25, 0.3) is 0 Å². The first-order chi connectivity index (χ1) is 13.4. The second kappa shape index (κ2) is 7.95. The molecule has 0 N–H and O–H groups in total. The molecule has 2 aliphatic rings. The average molecular weight is 402 g/mol. The highest BCUT2D eigenvalue weighted by molar-refractivity contribution is 6.62. The molecule has 160 valence electrons. The minimum atomic E-state index is -0.449. The number of ether oxygens (including phenoxy) is 2. The second-order valence-electron chi connectivity index (χ2n) is 10.3. The standard InChI is InChI=1S/C23H35BO5/c1-21(2,3)27-20(25)15-16-9-8-10-19(16)26-18-13-11-17(12-14-18)24-28-22(4,5)23(6,7)29-24/h11-14,16,19H,8-10,15H2,1-7H3/t16-,19-/m0/s1. The van der Waals surface area contributed by atoms with Crippen molar-refractivity contribution < 1.29 is 23.6 Å². The molecule has 0 unspecified atom stereocenters. The Kier molecular flexibility index (Phi) is 6.08. The Morgan fingerprint density at radius 3 is 2.21 bits per heavy atom. The van der Waals surface area contributed by atoms with Crippen molar-refractivity contribution >= 4 is 18.6 Å². The molecule has 1 aliphatic carbocycles. The van der Waals surface area contributed by atoms with Crippen molar-refractivity contribution in [2.75, 3.05) is 0 Å². The summed E-state index contributed by atoms with van der Waals surface area (Å²) in [6.07, 6.45) is 3.49. The molecule has 2 atom stereocenters. The maximum absolute atomic E-state index is 12.2. The molecule has 3 rings (SSSR count). The lowest BCUT2D eigenvalue weighted by molar-refractivity contribution is -0.156. The SMILES string of the molecule is CC(C)(C)OC(=O)C[C@@H]1CCC[C@@H]1Oc1ccc(B2OC(C)(C)C(C)(C)O2)cc1. The summed E-state index contributed by atoms with van der Waals surface area (Å²) < 4.78 is 23.9. The van der Waals surface area contributed by atoms with E-state index in [4.69, 9.17) is 18.8 Å². The molecule has 1 aliphatic heterocycles. The first kappa shape index (κ1) is 22.2. The summed E-state index contributed by atoms with van der Waals surface area (Å²) in [4.78, 5) is 12.2. The monoisotopic (exact) mass is 402 g/mol. The molecule has 1 aromatic carbocycles. The van der Waals surface area contributed by atoms with E-state index >= 15 is 0 Å². The molecule has 1 aromatic rings. The fourth-order valence-electron chi connectivity index (χ4n) is 3.85. The summed E-state index contributed by atoms with van der Waals surface area (Å²) in [5, 5.41) is 0. The summed E-state index contributed by atoms with van der Waals surface area (Å²) >= 11 is 0. The molecule has 0 spiro atoms. The number of hydrogen-bond donors (Lipinski definition) is 0. The predicted octanol–water partition coefficient (Wildman–Crippen LogP) is 4.27. The van der Waals surface area contributed by atoms with Gasteiger partial charge in [-0.15, -0.1) is 0 Å². The maximum Gasteiger partial charge on any atom is 0.494 e. The zero-order valence-corrected chi connectivity index (χ0v) is 18.9. The van der Waals surface area contributed by atoms with E-state index in [0.29, 0.717) is 6.42 Å². The Morgan fingerprint density at radius 2 is 1.66 bits per heavy atom. The third-order valence-corrected chi connectivity index (χ3v) is 6.13. The lowest BCUT2D eigenvalue weighted by Gasteiger charge is -2.32. The van der Waals surface area contributed by atoms with Crippen LogP contribution in [-0.2, 0) is 18.8 Å². The van der Waals surface area contributed by atoms with Crippen molar-refractivity contribution in [3.8, 4) is 5.75 Å². The van der Waals surface area contributed by atoms with Crippen molar-refractivity contribution in [3.63, 3.8) is 0 Å². The highest BCUT2D eigenvalue weighted by Gasteiger charge is 2.51. The summed E-state index contributed by atoms with van der Waals surface area (Å²) in [5.74, 6) is 0.869. The first-order valence-electron chi connectivity index (χ1n) is 10.7. The third kappa shape index (κ3) is 5.34. The fraction of sp³-hybridized carbons (Fsp3) is 0.696. The van der Waals surface area contributed by atoms with E-state index in [1.54, 1.807) is 0 Å². The van der Waals surface area contributed by atoms with Gasteiger partial charge in [0.1, 0.15) is 17.5 Å². The molecule has 1 heterocycles. The van der Waals surface area contributed by atoms with Gasteiger partial charge in [-0.3, -0.25) is 4.79 Å². The number of carbonyl (C=O) groups is 1.